The first kappa shape index (κ1) is 12.0. The predicted octanol–water partition coefficient (Wildman–Crippen LogP) is 2.18. The molecule has 0 fully saturated rings. The van der Waals surface area contributed by atoms with Crippen LogP contribution in [0.2, 0.25) is 0 Å². The molecule has 0 spiro atoms. The topological polar surface area (TPSA) is 87.1 Å². The number of thiazole rings is 1. The Kier molecular flexibility index (Phi) is 3.39. The summed E-state index contributed by atoms with van der Waals surface area (Å²) in [5.41, 5.74) is 6.42. The van der Waals surface area contributed by atoms with Gasteiger partial charge < -0.3 is 15.0 Å². The fourth-order valence-electron chi connectivity index (χ4n) is 1.43. The van der Waals surface area contributed by atoms with Crippen LogP contribution in [0.3, 0.4) is 0 Å². The minimum absolute atomic E-state index is 0.178. The molecule has 0 aromatic carbocycles. The normalized spacial score (nSPS) is 12.9. The number of hydrogen-bond donors (Lipinski definition) is 1. The first-order valence-corrected chi connectivity index (χ1v) is 6.12. The zero-order valence-corrected chi connectivity index (χ0v) is 10.7. The fraction of sp³-hybridized carbons (Fsp3) is 0.500. The van der Waals surface area contributed by atoms with Gasteiger partial charge in [0.25, 0.3) is 5.89 Å². The van der Waals surface area contributed by atoms with E-state index in [4.69, 9.17) is 15.0 Å². The number of nitrogen functional groups attached to an aromatic ring is 1. The zero-order chi connectivity index (χ0) is 12.4. The van der Waals surface area contributed by atoms with Crippen molar-refractivity contribution in [2.24, 2.45) is 0 Å². The maximum absolute atomic E-state index is 5.62. The van der Waals surface area contributed by atoms with E-state index in [9.17, 15) is 0 Å². The lowest BCUT2D eigenvalue weighted by molar-refractivity contribution is 0.0683. The molecule has 0 saturated carbocycles. The van der Waals surface area contributed by atoms with Crippen molar-refractivity contribution in [3.8, 4) is 10.8 Å². The Bertz CT molecular complexity index is 508. The highest BCUT2D eigenvalue weighted by molar-refractivity contribution is 7.18. The van der Waals surface area contributed by atoms with Crippen LogP contribution < -0.4 is 5.73 Å². The number of rotatable bonds is 4. The van der Waals surface area contributed by atoms with E-state index in [2.05, 4.69) is 15.1 Å². The average molecular weight is 254 g/mol. The molecule has 6 nitrogen and oxygen atoms in total. The lowest BCUT2D eigenvalue weighted by Gasteiger charge is -2.04. The minimum atomic E-state index is -0.178. The van der Waals surface area contributed by atoms with Gasteiger partial charge in [0.2, 0.25) is 5.82 Å². The molecule has 7 heteroatoms. The second-order valence-corrected chi connectivity index (χ2v) is 4.55. The molecule has 2 rings (SSSR count). The molecule has 92 valence electrons. The Balaban J connectivity index is 2.26. The minimum Gasteiger partial charge on any atom is -0.375 e. The van der Waals surface area contributed by atoms with Gasteiger partial charge in [-0.15, -0.1) is 0 Å². The molecular formula is C10H14N4O2S. The Hall–Kier alpha value is -1.47. The highest BCUT2D eigenvalue weighted by Gasteiger charge is 2.18. The summed E-state index contributed by atoms with van der Waals surface area (Å²) in [6.45, 7) is 6.27. The third-order valence-corrected chi connectivity index (χ3v) is 3.20. The number of anilines is 1. The number of nitrogens with two attached hydrogens (primary N) is 1. The van der Waals surface area contributed by atoms with Crippen molar-refractivity contribution in [2.75, 3.05) is 12.3 Å². The quantitative estimate of drug-likeness (QED) is 0.899. The summed E-state index contributed by atoms with van der Waals surface area (Å²) in [5, 5.41) is 4.38. The molecule has 0 bridgehead atoms. The van der Waals surface area contributed by atoms with Gasteiger partial charge in [0.1, 0.15) is 11.0 Å². The van der Waals surface area contributed by atoms with Gasteiger partial charge in [-0.3, -0.25) is 0 Å². The molecule has 0 radical (unpaired) electrons. The second kappa shape index (κ2) is 4.80. The predicted molar refractivity (Wildman–Crippen MR) is 64.6 cm³/mol. The van der Waals surface area contributed by atoms with Crippen molar-refractivity contribution in [3.63, 3.8) is 0 Å². The zero-order valence-electron chi connectivity index (χ0n) is 9.93. The van der Waals surface area contributed by atoms with Crippen molar-refractivity contribution < 1.29 is 9.26 Å². The number of hydrogen-bond acceptors (Lipinski definition) is 7. The molecule has 17 heavy (non-hydrogen) atoms. The van der Waals surface area contributed by atoms with E-state index in [1.807, 2.05) is 20.8 Å². The maximum Gasteiger partial charge on any atom is 0.270 e. The van der Waals surface area contributed by atoms with E-state index in [0.717, 1.165) is 10.6 Å². The van der Waals surface area contributed by atoms with E-state index in [1.54, 1.807) is 0 Å². The summed E-state index contributed by atoms with van der Waals surface area (Å²) in [6, 6.07) is 0. The lowest BCUT2D eigenvalue weighted by Crippen LogP contribution is -2.01. The SMILES string of the molecule is CCOC(C)c1noc(-c2sc(N)nc2C)n1. The van der Waals surface area contributed by atoms with Crippen molar-refractivity contribution in [2.45, 2.75) is 26.9 Å². The second-order valence-electron chi connectivity index (χ2n) is 3.52. The van der Waals surface area contributed by atoms with E-state index in [0.29, 0.717) is 23.5 Å². The molecule has 0 aliphatic carbocycles. The Morgan fingerprint density at radius 1 is 1.47 bits per heavy atom. The van der Waals surface area contributed by atoms with Crippen LogP contribution in [0.4, 0.5) is 5.13 Å². The van der Waals surface area contributed by atoms with Crippen molar-refractivity contribution in [3.05, 3.63) is 11.5 Å². The Morgan fingerprint density at radius 2 is 2.24 bits per heavy atom. The largest absolute Gasteiger partial charge is 0.375 e. The van der Waals surface area contributed by atoms with Crippen LogP contribution in [-0.2, 0) is 4.74 Å². The van der Waals surface area contributed by atoms with Crippen LogP contribution >= 0.6 is 11.3 Å². The van der Waals surface area contributed by atoms with E-state index >= 15 is 0 Å². The molecule has 0 aliphatic rings. The Morgan fingerprint density at radius 3 is 2.82 bits per heavy atom. The van der Waals surface area contributed by atoms with Gasteiger partial charge in [0.15, 0.2) is 5.13 Å². The monoisotopic (exact) mass is 254 g/mol. The van der Waals surface area contributed by atoms with Gasteiger partial charge >= 0.3 is 0 Å². The Labute approximate surface area is 103 Å². The van der Waals surface area contributed by atoms with Crippen molar-refractivity contribution >= 4 is 16.5 Å². The number of nitrogens with zero attached hydrogens (tertiary/aromatic N) is 3. The molecule has 2 aromatic rings. The fourth-order valence-corrected chi connectivity index (χ4v) is 2.19. The number of ether oxygens (including phenoxy) is 1. The van der Waals surface area contributed by atoms with Crippen LogP contribution in [0.25, 0.3) is 10.8 Å². The van der Waals surface area contributed by atoms with Gasteiger partial charge in [0.05, 0.1) is 5.69 Å². The maximum atomic E-state index is 5.62. The van der Waals surface area contributed by atoms with Gasteiger partial charge in [-0.25, -0.2) is 4.98 Å². The molecule has 2 N–H and O–H groups in total. The molecule has 1 unspecified atom stereocenters. The molecule has 0 amide bonds. The molecule has 0 aliphatic heterocycles. The van der Waals surface area contributed by atoms with Crippen LogP contribution in [0.1, 0.15) is 31.5 Å². The molecule has 2 heterocycles. The highest BCUT2D eigenvalue weighted by Crippen LogP contribution is 2.30. The molecule has 0 saturated heterocycles. The van der Waals surface area contributed by atoms with Gasteiger partial charge in [-0.05, 0) is 20.8 Å². The first-order valence-electron chi connectivity index (χ1n) is 5.30. The standard InChI is InChI=1S/C10H14N4O2S/c1-4-15-6(3)8-13-9(16-14-8)7-5(2)12-10(11)17-7/h6H,4H2,1-3H3,(H2,11,12). The summed E-state index contributed by atoms with van der Waals surface area (Å²) >= 11 is 1.34. The summed E-state index contributed by atoms with van der Waals surface area (Å²) in [6.07, 6.45) is -0.178. The lowest BCUT2D eigenvalue weighted by atomic mass is 10.3. The first-order chi connectivity index (χ1) is 8.11. The van der Waals surface area contributed by atoms with Crippen molar-refractivity contribution in [1.29, 1.82) is 0 Å². The third kappa shape index (κ3) is 2.45. The number of aromatic nitrogens is 3. The van der Waals surface area contributed by atoms with E-state index in [-0.39, 0.29) is 6.10 Å². The molecule has 1 atom stereocenters. The smallest absolute Gasteiger partial charge is 0.270 e. The number of aryl methyl sites for hydroxylation is 1. The van der Waals surface area contributed by atoms with Crippen LogP contribution in [0, 0.1) is 6.92 Å². The summed E-state index contributed by atoms with van der Waals surface area (Å²) in [4.78, 5) is 9.21. The van der Waals surface area contributed by atoms with Crippen molar-refractivity contribution in [1.82, 2.24) is 15.1 Å². The van der Waals surface area contributed by atoms with E-state index in [1.165, 1.54) is 11.3 Å². The van der Waals surface area contributed by atoms with Crippen LogP contribution in [0.5, 0.6) is 0 Å². The summed E-state index contributed by atoms with van der Waals surface area (Å²) in [7, 11) is 0. The summed E-state index contributed by atoms with van der Waals surface area (Å²) in [5.74, 6) is 0.978. The van der Waals surface area contributed by atoms with Crippen LogP contribution in [-0.4, -0.2) is 21.7 Å². The molecular weight excluding hydrogens is 240 g/mol. The highest BCUT2D eigenvalue weighted by atomic mass is 32.1. The summed E-state index contributed by atoms with van der Waals surface area (Å²) < 4.78 is 10.6. The van der Waals surface area contributed by atoms with E-state index < -0.39 is 0 Å². The van der Waals surface area contributed by atoms with Gasteiger partial charge in [0, 0.05) is 6.61 Å². The molecule has 2 aromatic heterocycles. The average Bonchev–Trinajstić information content (AvgIpc) is 2.85. The van der Waals surface area contributed by atoms with Gasteiger partial charge in [-0.2, -0.15) is 4.98 Å². The van der Waals surface area contributed by atoms with Crippen LogP contribution in [0.15, 0.2) is 4.52 Å². The van der Waals surface area contributed by atoms with Gasteiger partial charge in [-0.1, -0.05) is 16.5 Å². The third-order valence-electron chi connectivity index (χ3n) is 2.23.